The third-order valence-electron chi connectivity index (χ3n) is 7.55. The summed E-state index contributed by atoms with van der Waals surface area (Å²) in [6.07, 6.45) is 3.47. The molecule has 0 radical (unpaired) electrons. The van der Waals surface area contributed by atoms with Gasteiger partial charge in [-0.2, -0.15) is 13.9 Å². The van der Waals surface area contributed by atoms with E-state index in [1.807, 2.05) is 49.5 Å². The predicted octanol–water partition coefficient (Wildman–Crippen LogP) is 4.90. The minimum absolute atomic E-state index is 0. The molecule has 10 heteroatoms. The van der Waals surface area contributed by atoms with Gasteiger partial charge in [-0.25, -0.2) is 4.68 Å². The second-order valence-electron chi connectivity index (χ2n) is 11.0. The van der Waals surface area contributed by atoms with Crippen molar-refractivity contribution in [2.45, 2.75) is 58.5 Å². The largest absolute Gasteiger partial charge is 0.483 e. The summed E-state index contributed by atoms with van der Waals surface area (Å²) in [5.41, 5.74) is 1.27. The average Bonchev–Trinajstić information content (AvgIpc) is 3.39. The highest BCUT2D eigenvalue weighted by Crippen LogP contribution is 2.32. The van der Waals surface area contributed by atoms with Crippen molar-refractivity contribution in [1.29, 1.82) is 0 Å². The van der Waals surface area contributed by atoms with Gasteiger partial charge in [0, 0.05) is 36.3 Å². The van der Waals surface area contributed by atoms with Crippen LogP contribution in [0.15, 0.2) is 54.7 Å². The number of hydrogen-bond acceptors (Lipinski definition) is 7. The Morgan fingerprint density at radius 2 is 1.93 bits per heavy atom. The highest BCUT2D eigenvalue weighted by atomic mass is 19.3. The van der Waals surface area contributed by atoms with Crippen molar-refractivity contribution in [2.75, 3.05) is 32.9 Å². The van der Waals surface area contributed by atoms with Crippen LogP contribution in [0.25, 0.3) is 16.9 Å². The van der Waals surface area contributed by atoms with Crippen LogP contribution < -0.4 is 9.47 Å². The number of nitrogens with zero attached hydrogens (tertiary/aromatic N) is 3. The lowest BCUT2D eigenvalue weighted by Gasteiger charge is -2.39. The Bertz CT molecular complexity index is 1260. The summed E-state index contributed by atoms with van der Waals surface area (Å²) in [4.78, 5) is 2.10. The number of benzene rings is 2. The van der Waals surface area contributed by atoms with Crippen LogP contribution in [0.2, 0.25) is 0 Å². The summed E-state index contributed by atoms with van der Waals surface area (Å²) < 4.78 is 44.5. The van der Waals surface area contributed by atoms with Gasteiger partial charge in [0.1, 0.15) is 11.5 Å². The average molecular weight is 560 g/mol. The molecule has 0 bridgehead atoms. The molecule has 5 rings (SSSR count). The molecule has 8 nitrogen and oxygen atoms in total. The third kappa shape index (κ3) is 6.80. The Morgan fingerprint density at radius 3 is 2.58 bits per heavy atom. The molecule has 2 aromatic carbocycles. The topological polar surface area (TPSA) is 89.2 Å². The molecule has 2 saturated heterocycles. The van der Waals surface area contributed by atoms with Crippen LogP contribution in [-0.4, -0.2) is 75.6 Å². The van der Waals surface area contributed by atoms with Crippen LogP contribution in [0, 0.1) is 5.92 Å². The van der Waals surface area contributed by atoms with E-state index in [0.29, 0.717) is 43.1 Å². The molecular formula is C30H39F2N3O5. The van der Waals surface area contributed by atoms with Crippen LogP contribution in [0.5, 0.6) is 11.5 Å². The van der Waals surface area contributed by atoms with Crippen molar-refractivity contribution >= 4 is 0 Å². The number of piperidine rings is 1. The number of likely N-dealkylation sites (tertiary alicyclic amines) is 1. The van der Waals surface area contributed by atoms with E-state index in [1.54, 1.807) is 23.7 Å². The quantitative estimate of drug-likeness (QED) is 0.365. The predicted molar refractivity (Wildman–Crippen MR) is 148 cm³/mol. The lowest BCUT2D eigenvalue weighted by molar-refractivity contribution is -0.149. The van der Waals surface area contributed by atoms with Crippen LogP contribution in [-0.2, 0) is 11.3 Å². The summed E-state index contributed by atoms with van der Waals surface area (Å²) in [5.74, 6) is 0.749. The smallest absolute Gasteiger partial charge is 0.387 e. The van der Waals surface area contributed by atoms with Gasteiger partial charge in [-0.15, -0.1) is 0 Å². The molecule has 218 valence electrons. The number of aliphatic hydroxyl groups is 2. The molecule has 2 aliphatic rings. The van der Waals surface area contributed by atoms with Gasteiger partial charge in [0.25, 0.3) is 0 Å². The second-order valence-corrected chi connectivity index (χ2v) is 11.0. The van der Waals surface area contributed by atoms with Crippen molar-refractivity contribution in [3.05, 3.63) is 60.3 Å². The fraction of sp³-hybridized carbons (Fsp3) is 0.500. The van der Waals surface area contributed by atoms with E-state index < -0.39 is 12.2 Å². The van der Waals surface area contributed by atoms with Crippen molar-refractivity contribution in [3.63, 3.8) is 0 Å². The molecule has 3 heterocycles. The number of alkyl halides is 2. The maximum absolute atomic E-state index is 13.3. The maximum Gasteiger partial charge on any atom is 0.387 e. The minimum Gasteiger partial charge on any atom is -0.483 e. The SMILES string of the molecule is C.CC1(Oc2ccc(-n3ccc(-c4ccc(CN5CCCC([C@](C)(O)CO)C5)c(OC(F)F)c4)n3)cc2)COC1. The number of ether oxygens (including phenoxy) is 3. The summed E-state index contributed by atoms with van der Waals surface area (Å²) in [6, 6.07) is 14.6. The summed E-state index contributed by atoms with van der Waals surface area (Å²) in [7, 11) is 0. The lowest BCUT2D eigenvalue weighted by atomic mass is 9.83. The second kappa shape index (κ2) is 12.2. The van der Waals surface area contributed by atoms with Crippen molar-refractivity contribution in [3.8, 4) is 28.4 Å². The molecule has 40 heavy (non-hydrogen) atoms. The lowest BCUT2D eigenvalue weighted by Crippen LogP contribution is -2.51. The maximum atomic E-state index is 13.3. The van der Waals surface area contributed by atoms with Gasteiger partial charge in [0.15, 0.2) is 5.60 Å². The van der Waals surface area contributed by atoms with Gasteiger partial charge < -0.3 is 24.4 Å². The monoisotopic (exact) mass is 559 g/mol. The van der Waals surface area contributed by atoms with Crippen LogP contribution in [0.3, 0.4) is 0 Å². The van der Waals surface area contributed by atoms with Gasteiger partial charge in [0.05, 0.1) is 36.8 Å². The van der Waals surface area contributed by atoms with Crippen LogP contribution >= 0.6 is 0 Å². The molecule has 2 N–H and O–H groups in total. The molecule has 0 saturated carbocycles. The molecule has 0 amide bonds. The number of aromatic nitrogens is 2. The number of rotatable bonds is 10. The summed E-state index contributed by atoms with van der Waals surface area (Å²) in [6.45, 7) is 3.22. The zero-order valence-corrected chi connectivity index (χ0v) is 22.2. The fourth-order valence-corrected chi connectivity index (χ4v) is 5.15. The zero-order valence-electron chi connectivity index (χ0n) is 22.2. The van der Waals surface area contributed by atoms with Crippen molar-refractivity contribution in [1.82, 2.24) is 14.7 Å². The van der Waals surface area contributed by atoms with E-state index in [9.17, 15) is 19.0 Å². The standard InChI is InChI=1S/C29H35F2N3O5.CH4/c1-28(18-37-19-28)39-24-9-7-23(8-10-24)34-13-11-25(32-34)20-5-6-21(26(14-20)38-27(30)31)15-33-12-3-4-22(16-33)29(2,36)17-35;/h5-11,13-14,22,27,35-36H,3-4,12,15-19H2,1-2H3;1H4/t22?,29-;/m1./s1. The summed E-state index contributed by atoms with van der Waals surface area (Å²) >= 11 is 0. The Labute approximate surface area is 234 Å². The van der Waals surface area contributed by atoms with E-state index in [-0.39, 0.29) is 31.3 Å². The first-order chi connectivity index (χ1) is 18.6. The van der Waals surface area contributed by atoms with Crippen LogP contribution in [0.4, 0.5) is 8.78 Å². The molecular weight excluding hydrogens is 520 g/mol. The Hall–Kier alpha value is -3.05. The Balaban J connectivity index is 0.00000370. The highest BCUT2D eigenvalue weighted by Gasteiger charge is 2.36. The van der Waals surface area contributed by atoms with E-state index in [0.717, 1.165) is 30.8 Å². The molecule has 3 aromatic rings. The molecule has 2 aliphatic heterocycles. The minimum atomic E-state index is -2.96. The Morgan fingerprint density at radius 1 is 1.18 bits per heavy atom. The summed E-state index contributed by atoms with van der Waals surface area (Å²) in [5, 5.41) is 24.7. The number of aliphatic hydroxyl groups excluding tert-OH is 1. The van der Waals surface area contributed by atoms with Crippen molar-refractivity contribution < 1.29 is 33.2 Å². The fourth-order valence-electron chi connectivity index (χ4n) is 5.15. The van der Waals surface area contributed by atoms with E-state index in [4.69, 9.17) is 14.2 Å². The molecule has 0 spiro atoms. The number of hydrogen-bond donors (Lipinski definition) is 2. The molecule has 0 aliphatic carbocycles. The van der Waals surface area contributed by atoms with Crippen LogP contribution in [0.1, 0.15) is 39.7 Å². The van der Waals surface area contributed by atoms with E-state index >= 15 is 0 Å². The zero-order chi connectivity index (χ0) is 27.6. The normalized spacial score (nSPS) is 20.3. The number of halogens is 2. The van der Waals surface area contributed by atoms with Gasteiger partial charge in [-0.3, -0.25) is 4.90 Å². The van der Waals surface area contributed by atoms with Gasteiger partial charge in [0.2, 0.25) is 0 Å². The molecule has 2 fully saturated rings. The van der Waals surface area contributed by atoms with Gasteiger partial charge in [-0.05, 0) is 69.6 Å². The van der Waals surface area contributed by atoms with Crippen molar-refractivity contribution in [2.24, 2.45) is 5.92 Å². The first-order valence-corrected chi connectivity index (χ1v) is 13.2. The van der Waals surface area contributed by atoms with E-state index in [1.165, 1.54) is 0 Å². The molecule has 1 unspecified atom stereocenters. The van der Waals surface area contributed by atoms with E-state index in [2.05, 4.69) is 10.00 Å². The molecule has 1 aromatic heterocycles. The third-order valence-corrected chi connectivity index (χ3v) is 7.55. The first kappa shape index (κ1) is 29.9. The highest BCUT2D eigenvalue weighted by molar-refractivity contribution is 5.62. The first-order valence-electron chi connectivity index (χ1n) is 13.2. The van der Waals surface area contributed by atoms with Gasteiger partial charge in [-0.1, -0.05) is 19.6 Å². The molecule has 2 atom stereocenters. The Kier molecular flexibility index (Phi) is 9.14. The van der Waals surface area contributed by atoms with Gasteiger partial charge >= 0.3 is 6.61 Å².